The average Bonchev–Trinajstić information content (AvgIpc) is 2.56. The molecule has 7 nitrogen and oxygen atoms in total. The van der Waals surface area contributed by atoms with E-state index in [1.165, 1.54) is 0 Å². The van der Waals surface area contributed by atoms with Crippen molar-refractivity contribution in [2.45, 2.75) is 26.3 Å². The SMILES string of the molecule is Cc1ccc(NC(=O)CN2C(=O)NC(C)(C)C2=O)cc1N. The van der Waals surface area contributed by atoms with Crippen molar-refractivity contribution in [3.63, 3.8) is 0 Å². The molecule has 0 unspecified atom stereocenters. The molecule has 0 aliphatic carbocycles. The minimum atomic E-state index is -0.981. The van der Waals surface area contributed by atoms with Crippen LogP contribution in [0.3, 0.4) is 0 Å². The zero-order valence-corrected chi connectivity index (χ0v) is 12.2. The standard InChI is InChI=1S/C14H18N4O3/c1-8-4-5-9(6-10(8)15)16-11(19)7-18-12(20)14(2,3)17-13(18)21/h4-6H,7,15H2,1-3H3,(H,16,19)(H,17,21). The van der Waals surface area contributed by atoms with Crippen molar-refractivity contribution in [2.24, 2.45) is 0 Å². The lowest BCUT2D eigenvalue weighted by atomic mass is 10.1. The number of nitrogens with two attached hydrogens (primary N) is 1. The van der Waals surface area contributed by atoms with Crippen LogP contribution in [0.15, 0.2) is 18.2 Å². The number of anilines is 2. The highest BCUT2D eigenvalue weighted by atomic mass is 16.2. The van der Waals surface area contributed by atoms with Gasteiger partial charge in [0, 0.05) is 11.4 Å². The normalized spacial score (nSPS) is 16.8. The van der Waals surface area contributed by atoms with Gasteiger partial charge < -0.3 is 16.4 Å². The fourth-order valence-electron chi connectivity index (χ4n) is 2.02. The number of nitrogens with one attached hydrogen (secondary N) is 2. The van der Waals surface area contributed by atoms with Crippen molar-refractivity contribution in [3.05, 3.63) is 23.8 Å². The molecule has 0 saturated carbocycles. The molecular formula is C14H18N4O3. The largest absolute Gasteiger partial charge is 0.398 e. The van der Waals surface area contributed by atoms with Crippen LogP contribution in [0, 0.1) is 6.92 Å². The second-order valence-corrected chi connectivity index (χ2v) is 5.57. The maximum atomic E-state index is 12.0. The number of nitrogens with zero attached hydrogens (tertiary/aromatic N) is 1. The van der Waals surface area contributed by atoms with Crippen molar-refractivity contribution in [1.29, 1.82) is 0 Å². The third kappa shape index (κ3) is 2.96. The first kappa shape index (κ1) is 14.8. The summed E-state index contributed by atoms with van der Waals surface area (Å²) in [4.78, 5) is 36.5. The Morgan fingerprint density at radius 3 is 2.57 bits per heavy atom. The van der Waals surface area contributed by atoms with Crippen LogP contribution in [-0.2, 0) is 9.59 Å². The Bertz CT molecular complexity index is 625. The minimum Gasteiger partial charge on any atom is -0.398 e. The van der Waals surface area contributed by atoms with Crippen LogP contribution in [0.5, 0.6) is 0 Å². The highest BCUT2D eigenvalue weighted by Crippen LogP contribution is 2.18. The van der Waals surface area contributed by atoms with Crippen LogP contribution in [-0.4, -0.2) is 34.8 Å². The van der Waals surface area contributed by atoms with Crippen LogP contribution in [0.4, 0.5) is 16.2 Å². The lowest BCUT2D eigenvalue weighted by Crippen LogP contribution is -2.41. The van der Waals surface area contributed by atoms with Crippen molar-refractivity contribution < 1.29 is 14.4 Å². The second-order valence-electron chi connectivity index (χ2n) is 5.57. The molecular weight excluding hydrogens is 272 g/mol. The van der Waals surface area contributed by atoms with Crippen LogP contribution in [0.25, 0.3) is 0 Å². The molecule has 112 valence electrons. The summed E-state index contributed by atoms with van der Waals surface area (Å²) in [6, 6.07) is 4.55. The number of carbonyl (C=O) groups excluding carboxylic acids is 3. The number of urea groups is 1. The van der Waals surface area contributed by atoms with E-state index in [-0.39, 0.29) is 6.54 Å². The van der Waals surface area contributed by atoms with E-state index >= 15 is 0 Å². The first-order valence-electron chi connectivity index (χ1n) is 6.51. The van der Waals surface area contributed by atoms with E-state index in [9.17, 15) is 14.4 Å². The van der Waals surface area contributed by atoms with Crippen LogP contribution in [0.1, 0.15) is 19.4 Å². The quantitative estimate of drug-likeness (QED) is 0.567. The molecule has 0 atom stereocenters. The topological polar surface area (TPSA) is 105 Å². The van der Waals surface area contributed by atoms with Crippen molar-refractivity contribution >= 4 is 29.2 Å². The van der Waals surface area contributed by atoms with E-state index in [0.29, 0.717) is 11.4 Å². The van der Waals surface area contributed by atoms with E-state index in [0.717, 1.165) is 10.5 Å². The van der Waals surface area contributed by atoms with Crippen molar-refractivity contribution in [2.75, 3.05) is 17.6 Å². The summed E-state index contributed by atoms with van der Waals surface area (Å²) in [6.07, 6.45) is 0. The van der Waals surface area contributed by atoms with Gasteiger partial charge in [0.05, 0.1) is 0 Å². The highest BCUT2D eigenvalue weighted by Gasteiger charge is 2.44. The van der Waals surface area contributed by atoms with Crippen molar-refractivity contribution in [1.82, 2.24) is 10.2 Å². The van der Waals surface area contributed by atoms with Gasteiger partial charge in [0.1, 0.15) is 12.1 Å². The Morgan fingerprint density at radius 1 is 1.38 bits per heavy atom. The number of hydrogen-bond donors (Lipinski definition) is 3. The average molecular weight is 290 g/mol. The maximum absolute atomic E-state index is 12.0. The van der Waals surface area contributed by atoms with E-state index in [1.54, 1.807) is 32.0 Å². The number of rotatable bonds is 3. The Balaban J connectivity index is 2.04. The van der Waals surface area contributed by atoms with Crippen LogP contribution in [0.2, 0.25) is 0 Å². The molecule has 1 saturated heterocycles. The fraction of sp³-hybridized carbons (Fsp3) is 0.357. The zero-order chi connectivity index (χ0) is 15.8. The van der Waals surface area contributed by atoms with Crippen LogP contribution < -0.4 is 16.4 Å². The van der Waals surface area contributed by atoms with Gasteiger partial charge >= 0.3 is 6.03 Å². The van der Waals surface area contributed by atoms with Crippen LogP contribution >= 0.6 is 0 Å². The predicted molar refractivity (Wildman–Crippen MR) is 78.5 cm³/mol. The number of benzene rings is 1. The molecule has 7 heteroatoms. The molecule has 0 radical (unpaired) electrons. The number of amides is 4. The van der Waals surface area contributed by atoms with Gasteiger partial charge in [-0.3, -0.25) is 14.5 Å². The molecule has 4 amide bonds. The van der Waals surface area contributed by atoms with Gasteiger partial charge in [-0.1, -0.05) is 6.07 Å². The molecule has 4 N–H and O–H groups in total. The molecule has 1 aromatic rings. The van der Waals surface area contributed by atoms with E-state index in [4.69, 9.17) is 5.73 Å². The number of hydrogen-bond acceptors (Lipinski definition) is 4. The molecule has 1 aliphatic rings. The summed E-state index contributed by atoms with van der Waals surface area (Å²) >= 11 is 0. The Hall–Kier alpha value is -2.57. The first-order valence-corrected chi connectivity index (χ1v) is 6.51. The van der Waals surface area contributed by atoms with E-state index in [1.807, 2.05) is 6.92 Å². The number of aryl methyl sites for hydroxylation is 1. The zero-order valence-electron chi connectivity index (χ0n) is 12.2. The second kappa shape index (κ2) is 5.08. The molecule has 0 aromatic heterocycles. The van der Waals surface area contributed by atoms with Gasteiger partial charge in [-0.15, -0.1) is 0 Å². The molecule has 1 aliphatic heterocycles. The van der Waals surface area contributed by atoms with E-state index in [2.05, 4.69) is 10.6 Å². The monoisotopic (exact) mass is 290 g/mol. The lowest BCUT2D eigenvalue weighted by Gasteiger charge is -2.15. The fourth-order valence-corrected chi connectivity index (χ4v) is 2.02. The molecule has 1 heterocycles. The molecule has 1 aromatic carbocycles. The molecule has 21 heavy (non-hydrogen) atoms. The predicted octanol–water partition coefficient (Wildman–Crippen LogP) is 0.846. The van der Waals surface area contributed by atoms with E-state index < -0.39 is 23.4 Å². The lowest BCUT2D eigenvalue weighted by molar-refractivity contribution is -0.132. The summed E-state index contributed by atoms with van der Waals surface area (Å²) in [6.45, 7) is 4.70. The van der Waals surface area contributed by atoms with Gasteiger partial charge in [-0.05, 0) is 38.5 Å². The number of carbonyl (C=O) groups is 3. The van der Waals surface area contributed by atoms with Crippen molar-refractivity contribution in [3.8, 4) is 0 Å². The summed E-state index contributed by atoms with van der Waals surface area (Å²) in [5, 5.41) is 5.13. The van der Waals surface area contributed by atoms with Gasteiger partial charge in [0.25, 0.3) is 5.91 Å². The molecule has 0 spiro atoms. The number of nitrogen functional groups attached to an aromatic ring is 1. The van der Waals surface area contributed by atoms with Gasteiger partial charge in [-0.2, -0.15) is 0 Å². The Kier molecular flexibility index (Phi) is 3.59. The molecule has 0 bridgehead atoms. The Morgan fingerprint density at radius 2 is 2.05 bits per heavy atom. The Labute approximate surface area is 122 Å². The summed E-state index contributed by atoms with van der Waals surface area (Å²) in [5.74, 6) is -0.884. The third-order valence-electron chi connectivity index (χ3n) is 3.31. The maximum Gasteiger partial charge on any atom is 0.325 e. The highest BCUT2D eigenvalue weighted by molar-refractivity contribution is 6.09. The van der Waals surface area contributed by atoms with Gasteiger partial charge in [0.15, 0.2) is 0 Å². The molecule has 2 rings (SSSR count). The first-order chi connectivity index (χ1) is 9.70. The summed E-state index contributed by atoms with van der Waals surface area (Å²) in [7, 11) is 0. The molecule has 1 fully saturated rings. The van der Waals surface area contributed by atoms with Gasteiger partial charge in [-0.25, -0.2) is 4.79 Å². The van der Waals surface area contributed by atoms with Gasteiger partial charge in [0.2, 0.25) is 5.91 Å². The number of imide groups is 1. The summed E-state index contributed by atoms with van der Waals surface area (Å²) < 4.78 is 0. The smallest absolute Gasteiger partial charge is 0.325 e. The summed E-state index contributed by atoms with van der Waals surface area (Å²) in [5.41, 5.74) is 6.77. The minimum absolute atomic E-state index is 0.331. The third-order valence-corrected chi connectivity index (χ3v) is 3.31.